The van der Waals surface area contributed by atoms with Crippen molar-refractivity contribution in [3.8, 4) is 11.5 Å². The van der Waals surface area contributed by atoms with Gasteiger partial charge in [0.05, 0.1) is 20.8 Å². The normalized spacial score (nSPS) is 14.4. The van der Waals surface area contributed by atoms with Crippen LogP contribution in [-0.2, 0) is 9.59 Å². The van der Waals surface area contributed by atoms with Gasteiger partial charge in [-0.05, 0) is 44.8 Å². The molecule has 0 radical (unpaired) electrons. The minimum absolute atomic E-state index is 0.0804. The molecule has 1 aliphatic heterocycles. The second kappa shape index (κ2) is 8.53. The fourth-order valence-electron chi connectivity index (χ4n) is 2.67. The summed E-state index contributed by atoms with van der Waals surface area (Å²) in [5.74, 6) is 1.02. The Balaban J connectivity index is 2.13. The lowest BCUT2D eigenvalue weighted by molar-refractivity contribution is -0.155. The van der Waals surface area contributed by atoms with Gasteiger partial charge in [0, 0.05) is 24.7 Å². The first-order valence-corrected chi connectivity index (χ1v) is 8.13. The van der Waals surface area contributed by atoms with Gasteiger partial charge in [0.25, 0.3) is 11.8 Å². The zero-order valence-corrected chi connectivity index (χ0v) is 15.2. The molecule has 0 spiro atoms. The summed E-state index contributed by atoms with van der Waals surface area (Å²) in [5.41, 5.74) is 0.737. The number of hydrazine groups is 1. The number of amides is 2. The van der Waals surface area contributed by atoms with Crippen molar-refractivity contribution in [3.63, 3.8) is 0 Å². The van der Waals surface area contributed by atoms with Gasteiger partial charge in [-0.25, -0.2) is 5.01 Å². The third kappa shape index (κ3) is 4.73. The number of likely N-dealkylation sites (N-methyl/N-ethyl adjacent to an activating group) is 1. The Kier molecular flexibility index (Phi) is 6.41. The minimum atomic E-state index is -0.227. The highest BCUT2D eigenvalue weighted by molar-refractivity contribution is 5.94. The smallest absolute Gasteiger partial charge is 0.265 e. The summed E-state index contributed by atoms with van der Waals surface area (Å²) in [6.07, 6.45) is 3.91. The molecule has 0 unspecified atom stereocenters. The second-order valence-electron chi connectivity index (χ2n) is 6.01. The maximum atomic E-state index is 12.5. The van der Waals surface area contributed by atoms with Crippen LogP contribution in [0.4, 0.5) is 0 Å². The van der Waals surface area contributed by atoms with E-state index in [1.807, 2.05) is 14.1 Å². The van der Waals surface area contributed by atoms with E-state index in [1.54, 1.807) is 43.4 Å². The average molecular weight is 347 g/mol. The molecule has 1 heterocycles. The quantitative estimate of drug-likeness (QED) is 0.725. The molecule has 0 N–H and O–H groups in total. The molecule has 7 nitrogen and oxygen atoms in total. The molecule has 0 aromatic heterocycles. The van der Waals surface area contributed by atoms with E-state index < -0.39 is 0 Å². The molecular weight excluding hydrogens is 322 g/mol. The van der Waals surface area contributed by atoms with E-state index in [-0.39, 0.29) is 18.4 Å². The number of ether oxygens (including phenoxy) is 2. The number of hydrogen-bond acceptors (Lipinski definition) is 5. The van der Waals surface area contributed by atoms with Crippen molar-refractivity contribution in [2.75, 3.05) is 47.9 Å². The van der Waals surface area contributed by atoms with E-state index in [4.69, 9.17) is 9.47 Å². The van der Waals surface area contributed by atoms with E-state index in [2.05, 4.69) is 0 Å². The maximum Gasteiger partial charge on any atom is 0.265 e. The summed E-state index contributed by atoms with van der Waals surface area (Å²) in [6.45, 7) is 1.38. The number of hydrogen-bond donors (Lipinski definition) is 0. The number of carbonyl (C=O) groups is 2. The summed E-state index contributed by atoms with van der Waals surface area (Å²) in [7, 11) is 6.81. The van der Waals surface area contributed by atoms with Crippen LogP contribution in [0.5, 0.6) is 11.5 Å². The molecule has 2 rings (SSSR count). The number of benzene rings is 1. The fraction of sp³-hybridized carbons (Fsp3) is 0.444. The van der Waals surface area contributed by atoms with Crippen molar-refractivity contribution in [1.29, 1.82) is 0 Å². The van der Waals surface area contributed by atoms with Gasteiger partial charge >= 0.3 is 0 Å². The number of rotatable bonds is 6. The molecule has 1 aromatic carbocycles. The van der Waals surface area contributed by atoms with Gasteiger partial charge in [-0.1, -0.05) is 0 Å². The van der Waals surface area contributed by atoms with E-state index in [0.29, 0.717) is 24.6 Å². The van der Waals surface area contributed by atoms with Gasteiger partial charge in [0.1, 0.15) is 11.5 Å². The van der Waals surface area contributed by atoms with Gasteiger partial charge in [-0.3, -0.25) is 14.6 Å². The van der Waals surface area contributed by atoms with Crippen LogP contribution >= 0.6 is 0 Å². The molecule has 1 aromatic rings. The van der Waals surface area contributed by atoms with Gasteiger partial charge in [-0.15, -0.1) is 0 Å². The molecule has 0 saturated carbocycles. The van der Waals surface area contributed by atoms with Crippen LogP contribution in [0.2, 0.25) is 0 Å². The highest BCUT2D eigenvalue weighted by atomic mass is 16.5. The van der Waals surface area contributed by atoms with Crippen molar-refractivity contribution >= 4 is 17.9 Å². The Labute approximate surface area is 148 Å². The molecule has 0 bridgehead atoms. The second-order valence-corrected chi connectivity index (χ2v) is 6.01. The Morgan fingerprint density at radius 2 is 1.88 bits per heavy atom. The van der Waals surface area contributed by atoms with Crippen LogP contribution in [0.15, 0.2) is 24.3 Å². The highest BCUT2D eigenvalue weighted by Crippen LogP contribution is 2.25. The lowest BCUT2D eigenvalue weighted by atomic mass is 10.1. The van der Waals surface area contributed by atoms with Crippen LogP contribution in [0.3, 0.4) is 0 Å². The summed E-state index contributed by atoms with van der Waals surface area (Å²) in [6, 6.07) is 5.37. The Morgan fingerprint density at radius 3 is 2.52 bits per heavy atom. The van der Waals surface area contributed by atoms with Crippen molar-refractivity contribution in [2.24, 2.45) is 0 Å². The Morgan fingerprint density at radius 1 is 1.16 bits per heavy atom. The first kappa shape index (κ1) is 18.8. The zero-order valence-electron chi connectivity index (χ0n) is 15.2. The molecular formula is C18H25N3O4. The number of carbonyl (C=O) groups excluding carboxylic acids is 2. The van der Waals surface area contributed by atoms with Gasteiger partial charge in [-0.2, -0.15) is 0 Å². The third-order valence-corrected chi connectivity index (χ3v) is 3.87. The number of nitrogens with zero attached hydrogens (tertiary/aromatic N) is 3. The van der Waals surface area contributed by atoms with E-state index in [1.165, 1.54) is 16.1 Å². The van der Waals surface area contributed by atoms with Crippen molar-refractivity contribution in [3.05, 3.63) is 29.8 Å². The van der Waals surface area contributed by atoms with Crippen LogP contribution < -0.4 is 9.47 Å². The summed E-state index contributed by atoms with van der Waals surface area (Å²) in [5, 5.41) is 3.02. The van der Waals surface area contributed by atoms with E-state index >= 15 is 0 Å². The lowest BCUT2D eigenvalue weighted by Crippen LogP contribution is -2.47. The zero-order chi connectivity index (χ0) is 18.4. The fourth-order valence-corrected chi connectivity index (χ4v) is 2.67. The molecule has 2 amide bonds. The Bertz CT molecular complexity index is 658. The van der Waals surface area contributed by atoms with Crippen LogP contribution in [0, 0.1) is 0 Å². The predicted molar refractivity (Wildman–Crippen MR) is 95.2 cm³/mol. The van der Waals surface area contributed by atoms with Gasteiger partial charge < -0.3 is 14.4 Å². The van der Waals surface area contributed by atoms with Crippen molar-refractivity contribution < 1.29 is 19.1 Å². The van der Waals surface area contributed by atoms with Gasteiger partial charge in [0.2, 0.25) is 0 Å². The molecule has 1 fully saturated rings. The summed E-state index contributed by atoms with van der Waals surface area (Å²) in [4.78, 5) is 26.6. The molecule has 136 valence electrons. The first-order chi connectivity index (χ1) is 12.0. The minimum Gasteiger partial charge on any atom is -0.497 e. The predicted octanol–water partition coefficient (Wildman–Crippen LogP) is 1.25. The molecule has 1 aliphatic rings. The summed E-state index contributed by atoms with van der Waals surface area (Å²) >= 11 is 0. The van der Waals surface area contributed by atoms with Gasteiger partial charge in [0.15, 0.2) is 0 Å². The van der Waals surface area contributed by atoms with E-state index in [9.17, 15) is 9.59 Å². The molecule has 0 atom stereocenters. The molecule has 0 aliphatic carbocycles. The standard InChI is InChI=1S/C18H25N3O4/c1-19(2)13-18(23)21-11-5-10-20(21)17(22)9-6-14-12-15(24-3)7-8-16(14)25-4/h6-9,12H,5,10-11,13H2,1-4H3/b9-6+. The topological polar surface area (TPSA) is 62.3 Å². The van der Waals surface area contributed by atoms with Crippen LogP contribution in [0.25, 0.3) is 6.08 Å². The maximum absolute atomic E-state index is 12.5. The Hall–Kier alpha value is -2.54. The molecule has 25 heavy (non-hydrogen) atoms. The van der Waals surface area contributed by atoms with Crippen molar-refractivity contribution in [2.45, 2.75) is 6.42 Å². The third-order valence-electron chi connectivity index (χ3n) is 3.87. The number of methoxy groups -OCH3 is 2. The molecule has 7 heteroatoms. The molecule has 1 saturated heterocycles. The van der Waals surface area contributed by atoms with Crippen molar-refractivity contribution in [1.82, 2.24) is 14.9 Å². The average Bonchev–Trinajstić information content (AvgIpc) is 3.08. The largest absolute Gasteiger partial charge is 0.497 e. The summed E-state index contributed by atoms with van der Waals surface area (Å²) < 4.78 is 10.5. The first-order valence-electron chi connectivity index (χ1n) is 8.13. The van der Waals surface area contributed by atoms with Crippen LogP contribution in [0.1, 0.15) is 12.0 Å². The highest BCUT2D eigenvalue weighted by Gasteiger charge is 2.29. The monoisotopic (exact) mass is 347 g/mol. The SMILES string of the molecule is COc1ccc(OC)c(/C=C/C(=O)N2CCCN2C(=O)CN(C)C)c1. The van der Waals surface area contributed by atoms with Crippen LogP contribution in [-0.4, -0.2) is 74.7 Å². The van der Waals surface area contributed by atoms with E-state index in [0.717, 1.165) is 12.0 Å². The lowest BCUT2D eigenvalue weighted by Gasteiger charge is -2.28.